The zero-order valence-corrected chi connectivity index (χ0v) is 19.5. The van der Waals surface area contributed by atoms with E-state index < -0.39 is 12.1 Å². The van der Waals surface area contributed by atoms with E-state index in [1.165, 1.54) is 0 Å². The number of hydrogen-bond acceptors (Lipinski definition) is 9. The number of carbonyl (C=O) groups excluding carboxylic acids is 2. The van der Waals surface area contributed by atoms with Crippen LogP contribution in [0, 0.1) is 0 Å². The number of aliphatic hydroxyl groups excluding tert-OH is 1. The van der Waals surface area contributed by atoms with E-state index in [9.17, 15) is 19.5 Å². The van der Waals surface area contributed by atoms with Crippen LogP contribution in [-0.2, 0) is 33.9 Å². The van der Waals surface area contributed by atoms with E-state index in [-0.39, 0.29) is 55.1 Å². The van der Waals surface area contributed by atoms with Crippen LogP contribution in [0.1, 0.15) is 41.7 Å². The Morgan fingerprint density at radius 2 is 2.00 bits per heavy atom. The van der Waals surface area contributed by atoms with Crippen LogP contribution in [0.4, 0.5) is 0 Å². The smallest absolute Gasteiger partial charge is 0.340 e. The van der Waals surface area contributed by atoms with Gasteiger partial charge in [0.05, 0.1) is 35.6 Å². The first-order valence-corrected chi connectivity index (χ1v) is 11.7. The minimum atomic E-state index is -1.52. The molecule has 4 N–H and O–H groups in total. The first-order chi connectivity index (χ1) is 17.4. The van der Waals surface area contributed by atoms with Gasteiger partial charge in [0, 0.05) is 28.6 Å². The van der Waals surface area contributed by atoms with E-state index in [0.717, 1.165) is 16.5 Å². The maximum absolute atomic E-state index is 13.3. The summed E-state index contributed by atoms with van der Waals surface area (Å²) in [5, 5.41) is 14.1. The quantitative estimate of drug-likeness (QED) is 0.340. The number of carbonyl (C=O) groups is 2. The summed E-state index contributed by atoms with van der Waals surface area (Å²) in [6.45, 7) is 2.07. The Morgan fingerprint density at radius 3 is 2.78 bits per heavy atom. The molecule has 1 amide bonds. The van der Waals surface area contributed by atoms with Gasteiger partial charge in [-0.05, 0) is 37.5 Å². The Morgan fingerprint density at radius 1 is 1.22 bits per heavy atom. The average molecular weight is 492 g/mol. The van der Waals surface area contributed by atoms with Crippen molar-refractivity contribution >= 4 is 22.8 Å². The maximum atomic E-state index is 13.3. The van der Waals surface area contributed by atoms with E-state index in [4.69, 9.17) is 24.9 Å². The summed E-state index contributed by atoms with van der Waals surface area (Å²) in [6.07, 6.45) is -0.286. The van der Waals surface area contributed by atoms with Crippen molar-refractivity contribution in [2.75, 3.05) is 13.3 Å². The highest BCUT2D eigenvalue weighted by Crippen LogP contribution is 2.42. The number of aromatic nitrogens is 2. The molecule has 36 heavy (non-hydrogen) atoms. The minimum Gasteiger partial charge on any atom is -0.458 e. The third-order valence-electron chi connectivity index (χ3n) is 6.99. The molecule has 2 atom stereocenters. The SMILES string of the molecule is CC(CCc1c2c(nc3cc4c(cc13)OCO4)-c1cc3c(c(=O)n1C2)COC(=O)C3O)NC(=O)CN. The van der Waals surface area contributed by atoms with E-state index in [1.807, 2.05) is 19.1 Å². The molecule has 0 fully saturated rings. The molecule has 2 aromatic heterocycles. The number of amides is 1. The lowest BCUT2D eigenvalue weighted by molar-refractivity contribution is -0.157. The number of fused-ring (bicyclic) bond motifs is 6. The number of rotatable bonds is 5. The normalized spacial score (nSPS) is 17.9. The average Bonchev–Trinajstić information content (AvgIpc) is 3.47. The molecule has 0 radical (unpaired) electrons. The predicted octanol–water partition coefficient (Wildman–Crippen LogP) is 0.640. The number of nitrogens with one attached hydrogen (secondary N) is 1. The largest absolute Gasteiger partial charge is 0.458 e. The lowest BCUT2D eigenvalue weighted by atomic mass is 9.94. The third kappa shape index (κ3) is 3.42. The summed E-state index contributed by atoms with van der Waals surface area (Å²) in [5.74, 6) is 0.203. The van der Waals surface area contributed by atoms with Gasteiger partial charge in [-0.2, -0.15) is 0 Å². The standard InChI is InChI=1S/C25H24N4O7/c1-11(27-21(30)7-26)2-3-12-13-5-19-20(36-10-35-19)6-17(13)28-22-15(12)8-29-18(22)4-14-16(24(29)32)9-34-25(33)23(14)31/h4-6,11,23,31H,2-3,7-10,26H2,1H3,(H,27,30). The molecule has 1 aromatic carbocycles. The topological polar surface area (TPSA) is 155 Å². The van der Waals surface area contributed by atoms with Crippen LogP contribution in [0.15, 0.2) is 23.0 Å². The summed E-state index contributed by atoms with van der Waals surface area (Å²) < 4.78 is 17.7. The van der Waals surface area contributed by atoms with Crippen molar-refractivity contribution in [2.24, 2.45) is 5.73 Å². The third-order valence-corrected chi connectivity index (χ3v) is 6.99. The van der Waals surface area contributed by atoms with Gasteiger partial charge >= 0.3 is 5.97 Å². The zero-order chi connectivity index (χ0) is 25.1. The predicted molar refractivity (Wildman–Crippen MR) is 126 cm³/mol. The highest BCUT2D eigenvalue weighted by atomic mass is 16.7. The molecule has 2 unspecified atom stereocenters. The number of cyclic esters (lactones) is 1. The second-order valence-electron chi connectivity index (χ2n) is 9.22. The van der Waals surface area contributed by atoms with Crippen molar-refractivity contribution in [3.8, 4) is 22.9 Å². The summed E-state index contributed by atoms with van der Waals surface area (Å²) in [4.78, 5) is 41.9. The molecule has 3 aliphatic rings. The molecule has 0 spiro atoms. The van der Waals surface area contributed by atoms with Crippen molar-refractivity contribution in [2.45, 2.75) is 45.1 Å². The zero-order valence-electron chi connectivity index (χ0n) is 19.5. The Hall–Kier alpha value is -3.96. The van der Waals surface area contributed by atoms with Crippen molar-refractivity contribution in [1.82, 2.24) is 14.9 Å². The Balaban J connectivity index is 1.50. The Kier molecular flexibility index (Phi) is 5.20. The molecular weight excluding hydrogens is 468 g/mol. The molecule has 11 heteroatoms. The molecule has 6 rings (SSSR count). The summed E-state index contributed by atoms with van der Waals surface area (Å²) in [5.41, 5.74) is 9.31. The fourth-order valence-corrected chi connectivity index (χ4v) is 5.15. The number of aliphatic hydroxyl groups is 1. The van der Waals surface area contributed by atoms with Crippen LogP contribution >= 0.6 is 0 Å². The summed E-state index contributed by atoms with van der Waals surface area (Å²) in [6, 6.07) is 5.25. The number of nitrogens with zero attached hydrogens (tertiary/aromatic N) is 2. The number of pyridine rings is 2. The number of ether oxygens (including phenoxy) is 3. The monoisotopic (exact) mass is 492 g/mol. The van der Waals surface area contributed by atoms with Crippen molar-refractivity contribution < 1.29 is 28.9 Å². The number of esters is 1. The molecule has 11 nitrogen and oxygen atoms in total. The minimum absolute atomic E-state index is 0.0810. The van der Waals surface area contributed by atoms with Crippen molar-refractivity contribution in [3.05, 3.63) is 50.8 Å². The second kappa shape index (κ2) is 8.32. The van der Waals surface area contributed by atoms with Gasteiger partial charge in [-0.1, -0.05) is 0 Å². The van der Waals surface area contributed by atoms with E-state index in [1.54, 1.807) is 10.6 Å². The van der Waals surface area contributed by atoms with Crippen LogP contribution < -0.4 is 26.1 Å². The number of aryl methyl sites for hydroxylation is 1. The van der Waals surface area contributed by atoms with Crippen LogP contribution in [0.2, 0.25) is 0 Å². The van der Waals surface area contributed by atoms with Crippen LogP contribution in [-0.4, -0.2) is 45.9 Å². The van der Waals surface area contributed by atoms with Gasteiger partial charge in [-0.3, -0.25) is 9.59 Å². The number of benzene rings is 1. The highest BCUT2D eigenvalue weighted by molar-refractivity contribution is 5.91. The van der Waals surface area contributed by atoms with Gasteiger partial charge in [0.2, 0.25) is 12.7 Å². The van der Waals surface area contributed by atoms with Crippen molar-refractivity contribution in [1.29, 1.82) is 0 Å². The first-order valence-electron chi connectivity index (χ1n) is 11.7. The number of hydrogen-bond donors (Lipinski definition) is 3. The van der Waals surface area contributed by atoms with Gasteiger partial charge in [-0.25, -0.2) is 9.78 Å². The van der Waals surface area contributed by atoms with Crippen LogP contribution in [0.25, 0.3) is 22.3 Å². The molecule has 0 saturated carbocycles. The molecule has 3 aliphatic heterocycles. The molecule has 0 bridgehead atoms. The Bertz CT molecular complexity index is 1510. The van der Waals surface area contributed by atoms with Gasteiger partial charge in [0.15, 0.2) is 17.6 Å². The van der Waals surface area contributed by atoms with Crippen LogP contribution in [0.5, 0.6) is 11.5 Å². The molecule has 0 aliphatic carbocycles. The molecule has 3 aromatic rings. The first kappa shape index (κ1) is 22.5. The highest BCUT2D eigenvalue weighted by Gasteiger charge is 2.35. The van der Waals surface area contributed by atoms with E-state index in [2.05, 4.69) is 5.32 Å². The fraction of sp³-hybridized carbons (Fsp3) is 0.360. The lowest BCUT2D eigenvalue weighted by Crippen LogP contribution is -2.37. The summed E-state index contributed by atoms with van der Waals surface area (Å²) in [7, 11) is 0. The van der Waals surface area contributed by atoms with E-state index in [0.29, 0.717) is 41.2 Å². The van der Waals surface area contributed by atoms with Crippen LogP contribution in [0.3, 0.4) is 0 Å². The molecule has 0 saturated heterocycles. The summed E-state index contributed by atoms with van der Waals surface area (Å²) >= 11 is 0. The van der Waals surface area contributed by atoms with Gasteiger partial charge in [-0.15, -0.1) is 0 Å². The number of nitrogens with two attached hydrogens (primary N) is 1. The van der Waals surface area contributed by atoms with E-state index >= 15 is 0 Å². The molecule has 5 heterocycles. The van der Waals surface area contributed by atoms with Gasteiger partial charge < -0.3 is 34.9 Å². The Labute approximate surface area is 204 Å². The maximum Gasteiger partial charge on any atom is 0.340 e. The van der Waals surface area contributed by atoms with Gasteiger partial charge in [0.1, 0.15) is 6.61 Å². The van der Waals surface area contributed by atoms with Crippen molar-refractivity contribution in [3.63, 3.8) is 0 Å². The fourth-order valence-electron chi connectivity index (χ4n) is 5.15. The second-order valence-corrected chi connectivity index (χ2v) is 9.22. The molecule has 186 valence electrons. The molecular formula is C25H24N4O7. The van der Waals surface area contributed by atoms with Gasteiger partial charge in [0.25, 0.3) is 5.56 Å². The lowest BCUT2D eigenvalue weighted by Gasteiger charge is -2.21.